The lowest BCUT2D eigenvalue weighted by Gasteiger charge is -2.26. The predicted molar refractivity (Wildman–Crippen MR) is 231 cm³/mol. The molecule has 0 atom stereocenters. The van der Waals surface area contributed by atoms with Crippen LogP contribution in [-0.2, 0) is 0 Å². The topological polar surface area (TPSA) is 42.7 Å². The van der Waals surface area contributed by atoms with E-state index in [-0.39, 0.29) is 0 Å². The summed E-state index contributed by atoms with van der Waals surface area (Å²) in [5.41, 5.74) is 12.9. The Kier molecular flexibility index (Phi) is 6.60. The number of furan rings is 3. The fraction of sp³-hybridized carbons (Fsp3) is 0. The molecule has 262 valence electrons. The van der Waals surface area contributed by atoms with Gasteiger partial charge in [0.15, 0.2) is 0 Å². The Morgan fingerprint density at radius 2 is 0.893 bits per heavy atom. The molecule has 9 aromatic carbocycles. The lowest BCUT2D eigenvalue weighted by Crippen LogP contribution is -2.10. The van der Waals surface area contributed by atoms with Crippen LogP contribution in [0, 0.1) is 0 Å². The van der Waals surface area contributed by atoms with Crippen molar-refractivity contribution in [1.82, 2.24) is 0 Å². The van der Waals surface area contributed by atoms with Crippen LogP contribution < -0.4 is 4.90 Å². The zero-order valence-electron chi connectivity index (χ0n) is 30.1. The minimum absolute atomic E-state index is 0.854. The highest BCUT2D eigenvalue weighted by Gasteiger charge is 2.21. The first-order valence-electron chi connectivity index (χ1n) is 18.9. The van der Waals surface area contributed by atoms with E-state index in [0.29, 0.717) is 0 Å². The summed E-state index contributed by atoms with van der Waals surface area (Å²) in [7, 11) is 0. The minimum atomic E-state index is 0.854. The second-order valence-electron chi connectivity index (χ2n) is 14.4. The Bertz CT molecular complexity index is 3470. The molecule has 0 spiro atoms. The van der Waals surface area contributed by atoms with E-state index >= 15 is 0 Å². The van der Waals surface area contributed by atoms with Gasteiger partial charge in [0.2, 0.25) is 0 Å². The van der Waals surface area contributed by atoms with Crippen molar-refractivity contribution in [2.24, 2.45) is 0 Å². The number of hydrogen-bond donors (Lipinski definition) is 0. The summed E-state index contributed by atoms with van der Waals surface area (Å²) in [4.78, 5) is 2.33. The van der Waals surface area contributed by atoms with E-state index in [2.05, 4.69) is 169 Å². The number of hydrogen-bond acceptors (Lipinski definition) is 4. The molecule has 0 N–H and O–H groups in total. The molecular weight excluding hydrogens is 687 g/mol. The average Bonchev–Trinajstić information content (AvgIpc) is 3.96. The van der Waals surface area contributed by atoms with Gasteiger partial charge in [0, 0.05) is 43.7 Å². The monoisotopic (exact) mass is 717 g/mol. The summed E-state index contributed by atoms with van der Waals surface area (Å²) in [5.74, 6) is 0. The molecule has 12 aromatic rings. The first kappa shape index (κ1) is 30.9. The van der Waals surface area contributed by atoms with Crippen LogP contribution in [0.25, 0.3) is 98.8 Å². The van der Waals surface area contributed by atoms with Crippen molar-refractivity contribution < 1.29 is 13.3 Å². The first-order chi connectivity index (χ1) is 27.7. The van der Waals surface area contributed by atoms with Crippen LogP contribution in [0.1, 0.15) is 0 Å². The van der Waals surface area contributed by atoms with Gasteiger partial charge in [-0.25, -0.2) is 0 Å². The van der Waals surface area contributed by atoms with Crippen LogP contribution in [0.15, 0.2) is 201 Å². The van der Waals surface area contributed by atoms with Crippen LogP contribution in [0.2, 0.25) is 0 Å². The van der Waals surface area contributed by atoms with Crippen molar-refractivity contribution in [3.05, 3.63) is 188 Å². The fourth-order valence-corrected chi connectivity index (χ4v) is 8.66. The van der Waals surface area contributed by atoms with Gasteiger partial charge in [-0.1, -0.05) is 115 Å². The maximum Gasteiger partial charge on any atom is 0.143 e. The molecule has 0 saturated carbocycles. The second kappa shape index (κ2) is 12.0. The molecule has 0 saturated heterocycles. The third kappa shape index (κ3) is 4.66. The molecule has 0 fully saturated rings. The van der Waals surface area contributed by atoms with Gasteiger partial charge in [0.25, 0.3) is 0 Å². The number of rotatable bonds is 5. The zero-order valence-corrected chi connectivity index (χ0v) is 30.1. The molecule has 3 aromatic heterocycles. The van der Waals surface area contributed by atoms with Crippen molar-refractivity contribution in [2.75, 3.05) is 4.90 Å². The van der Waals surface area contributed by atoms with Gasteiger partial charge in [0.1, 0.15) is 33.5 Å². The second-order valence-corrected chi connectivity index (χ2v) is 14.4. The highest BCUT2D eigenvalue weighted by Crippen LogP contribution is 2.45. The molecule has 0 bridgehead atoms. The van der Waals surface area contributed by atoms with E-state index in [4.69, 9.17) is 13.3 Å². The molecule has 4 heteroatoms. The molecule has 3 heterocycles. The highest BCUT2D eigenvalue weighted by molar-refractivity contribution is 6.19. The maximum atomic E-state index is 6.53. The first-order valence-corrected chi connectivity index (χ1v) is 18.9. The minimum Gasteiger partial charge on any atom is -0.456 e. The SMILES string of the molecule is c1ccc2c(c1)ccc1c2oc2cccc(-c3ccc(N(c4ccc(-c5ccc6c(c5)oc5ccccc56)cc4)c4cccc5oc6ccccc6c45)cc3)c21. The van der Waals surface area contributed by atoms with Crippen molar-refractivity contribution in [3.63, 3.8) is 0 Å². The lowest BCUT2D eigenvalue weighted by molar-refractivity contribution is 0.668. The van der Waals surface area contributed by atoms with Crippen molar-refractivity contribution >= 4 is 93.7 Å². The van der Waals surface area contributed by atoms with E-state index in [1.54, 1.807) is 0 Å². The van der Waals surface area contributed by atoms with E-state index < -0.39 is 0 Å². The van der Waals surface area contributed by atoms with Gasteiger partial charge in [0.05, 0.1) is 11.1 Å². The van der Waals surface area contributed by atoms with Gasteiger partial charge < -0.3 is 18.2 Å². The van der Waals surface area contributed by atoms with Crippen LogP contribution in [0.4, 0.5) is 17.1 Å². The molecular formula is C52H31NO3. The summed E-state index contributed by atoms with van der Waals surface area (Å²) in [6, 6.07) is 66.1. The summed E-state index contributed by atoms with van der Waals surface area (Å²) >= 11 is 0. The number of para-hydroxylation sites is 2. The Morgan fingerprint density at radius 1 is 0.321 bits per heavy atom. The van der Waals surface area contributed by atoms with Gasteiger partial charge in [-0.15, -0.1) is 0 Å². The Balaban J connectivity index is 0.993. The summed E-state index contributed by atoms with van der Waals surface area (Å²) in [6.07, 6.45) is 0. The molecule has 0 aliphatic carbocycles. The van der Waals surface area contributed by atoms with Crippen molar-refractivity contribution in [1.29, 1.82) is 0 Å². The molecule has 0 radical (unpaired) electrons. The summed E-state index contributed by atoms with van der Waals surface area (Å²) in [6.45, 7) is 0. The fourth-order valence-electron chi connectivity index (χ4n) is 8.66. The van der Waals surface area contributed by atoms with E-state index in [1.165, 1.54) is 5.39 Å². The Morgan fingerprint density at radius 3 is 1.70 bits per heavy atom. The summed E-state index contributed by atoms with van der Waals surface area (Å²) in [5, 5.41) is 8.97. The lowest BCUT2D eigenvalue weighted by atomic mass is 9.97. The average molecular weight is 718 g/mol. The highest BCUT2D eigenvalue weighted by atomic mass is 16.3. The van der Waals surface area contributed by atoms with Crippen molar-refractivity contribution in [3.8, 4) is 22.3 Å². The largest absolute Gasteiger partial charge is 0.456 e. The normalized spacial score (nSPS) is 11.9. The van der Waals surface area contributed by atoms with Gasteiger partial charge in [-0.3, -0.25) is 0 Å². The predicted octanol–water partition coefficient (Wildman–Crippen LogP) is 15.3. The van der Waals surface area contributed by atoms with Crippen LogP contribution in [0.5, 0.6) is 0 Å². The van der Waals surface area contributed by atoms with Crippen molar-refractivity contribution in [2.45, 2.75) is 0 Å². The standard InChI is InChI=1S/C52H31NO3/c1-2-10-39-33(9-1)23-30-43-50-38(13-7-17-47(50)56-52(39)43)34-21-27-37(28-22-34)53(44-14-8-18-48-51(44)42-12-4-6-16-46(42)54-48)36-25-19-32(20-26-36)35-24-29-41-40-11-3-5-15-45(40)55-49(41)31-35/h1-31H. The molecule has 0 aliphatic heterocycles. The van der Waals surface area contributed by atoms with Gasteiger partial charge in [-0.05, 0) is 100 Å². The summed E-state index contributed by atoms with van der Waals surface area (Å²) < 4.78 is 19.1. The number of anilines is 3. The van der Waals surface area contributed by atoms with Crippen LogP contribution >= 0.6 is 0 Å². The number of fused-ring (bicyclic) bond motifs is 11. The maximum absolute atomic E-state index is 6.53. The molecule has 0 aliphatic rings. The van der Waals surface area contributed by atoms with Gasteiger partial charge in [-0.2, -0.15) is 0 Å². The molecule has 0 unspecified atom stereocenters. The van der Waals surface area contributed by atoms with Crippen LogP contribution in [0.3, 0.4) is 0 Å². The third-order valence-electron chi connectivity index (χ3n) is 11.3. The Labute approximate surface area is 321 Å². The molecule has 4 nitrogen and oxygen atoms in total. The van der Waals surface area contributed by atoms with Crippen LogP contribution in [-0.4, -0.2) is 0 Å². The van der Waals surface area contributed by atoms with Gasteiger partial charge >= 0.3 is 0 Å². The quantitative estimate of drug-likeness (QED) is 0.178. The van der Waals surface area contributed by atoms with E-state index in [0.717, 1.165) is 111 Å². The Hall–Kier alpha value is -7.56. The molecule has 12 rings (SSSR count). The molecule has 0 amide bonds. The van der Waals surface area contributed by atoms with E-state index in [9.17, 15) is 0 Å². The van der Waals surface area contributed by atoms with E-state index in [1.807, 2.05) is 24.3 Å². The zero-order chi connectivity index (χ0) is 36.7. The smallest absolute Gasteiger partial charge is 0.143 e. The number of benzene rings is 9. The third-order valence-corrected chi connectivity index (χ3v) is 11.3. The molecule has 56 heavy (non-hydrogen) atoms. The number of nitrogens with zero attached hydrogens (tertiary/aromatic N) is 1.